The standard InChI is InChI=1S/C13H20BrNO/c1-4-8-15(5-2)13-7-6-11(10(3)16)9-12(13)14/h6-7,9-10,16H,4-5,8H2,1-3H3. The number of hydrogen-bond acceptors (Lipinski definition) is 2. The number of anilines is 1. The molecule has 16 heavy (non-hydrogen) atoms. The van der Waals surface area contributed by atoms with E-state index in [1.807, 2.05) is 12.1 Å². The highest BCUT2D eigenvalue weighted by atomic mass is 79.9. The SMILES string of the molecule is CCCN(CC)c1ccc(C(C)O)cc1Br. The van der Waals surface area contributed by atoms with E-state index < -0.39 is 6.10 Å². The van der Waals surface area contributed by atoms with Gasteiger partial charge in [-0.25, -0.2) is 0 Å². The second-order valence-corrected chi connectivity index (χ2v) is 4.82. The highest BCUT2D eigenvalue weighted by Crippen LogP contribution is 2.29. The summed E-state index contributed by atoms with van der Waals surface area (Å²) in [4.78, 5) is 2.33. The lowest BCUT2D eigenvalue weighted by Gasteiger charge is -2.24. The normalized spacial score (nSPS) is 12.6. The Bertz CT molecular complexity index is 339. The first kappa shape index (κ1) is 13.5. The Morgan fingerprint density at radius 2 is 2.06 bits per heavy atom. The Labute approximate surface area is 106 Å². The predicted octanol–water partition coefficient (Wildman–Crippen LogP) is 3.74. The average molecular weight is 286 g/mol. The molecule has 1 aromatic carbocycles. The van der Waals surface area contributed by atoms with Gasteiger partial charge in [-0.1, -0.05) is 13.0 Å². The molecule has 0 heterocycles. The summed E-state index contributed by atoms with van der Waals surface area (Å²) in [5.41, 5.74) is 2.15. The topological polar surface area (TPSA) is 23.5 Å². The highest BCUT2D eigenvalue weighted by molar-refractivity contribution is 9.10. The van der Waals surface area contributed by atoms with E-state index in [4.69, 9.17) is 0 Å². The molecule has 1 atom stereocenters. The Morgan fingerprint density at radius 1 is 1.38 bits per heavy atom. The molecular weight excluding hydrogens is 266 g/mol. The number of benzene rings is 1. The Hall–Kier alpha value is -0.540. The van der Waals surface area contributed by atoms with Crippen LogP contribution in [0.25, 0.3) is 0 Å². The maximum Gasteiger partial charge on any atom is 0.0762 e. The quantitative estimate of drug-likeness (QED) is 0.891. The number of rotatable bonds is 5. The molecule has 1 aromatic rings. The first-order chi connectivity index (χ1) is 7.60. The van der Waals surface area contributed by atoms with Crippen molar-refractivity contribution in [3.8, 4) is 0 Å². The van der Waals surface area contributed by atoms with Gasteiger partial charge in [-0.3, -0.25) is 0 Å². The van der Waals surface area contributed by atoms with Crippen LogP contribution in [0.2, 0.25) is 0 Å². The van der Waals surface area contributed by atoms with Crippen molar-refractivity contribution >= 4 is 21.6 Å². The molecule has 1 rings (SSSR count). The van der Waals surface area contributed by atoms with Crippen LogP contribution in [0.4, 0.5) is 5.69 Å². The maximum absolute atomic E-state index is 9.50. The van der Waals surface area contributed by atoms with Gasteiger partial charge in [0.2, 0.25) is 0 Å². The van der Waals surface area contributed by atoms with Crippen LogP contribution in [0.1, 0.15) is 38.9 Å². The molecule has 1 unspecified atom stereocenters. The number of halogens is 1. The van der Waals surface area contributed by atoms with Crippen molar-refractivity contribution in [3.05, 3.63) is 28.2 Å². The molecule has 0 aliphatic heterocycles. The zero-order valence-electron chi connectivity index (χ0n) is 10.2. The van der Waals surface area contributed by atoms with Gasteiger partial charge in [-0.05, 0) is 53.9 Å². The minimum Gasteiger partial charge on any atom is -0.389 e. The summed E-state index contributed by atoms with van der Waals surface area (Å²) >= 11 is 3.57. The molecule has 0 saturated carbocycles. The molecule has 3 heteroatoms. The van der Waals surface area contributed by atoms with Gasteiger partial charge in [0.1, 0.15) is 0 Å². The first-order valence-electron chi connectivity index (χ1n) is 5.82. The fraction of sp³-hybridized carbons (Fsp3) is 0.538. The summed E-state index contributed by atoms with van der Waals surface area (Å²) in [5.74, 6) is 0. The number of aliphatic hydroxyl groups is 1. The van der Waals surface area contributed by atoms with Gasteiger partial charge >= 0.3 is 0 Å². The Kier molecular flexibility index (Phi) is 5.29. The van der Waals surface area contributed by atoms with Gasteiger partial charge in [0.25, 0.3) is 0 Å². The van der Waals surface area contributed by atoms with Crippen molar-refractivity contribution in [2.24, 2.45) is 0 Å². The van der Waals surface area contributed by atoms with E-state index in [0.29, 0.717) is 0 Å². The van der Waals surface area contributed by atoms with Crippen LogP contribution in [0.5, 0.6) is 0 Å². The monoisotopic (exact) mass is 285 g/mol. The van der Waals surface area contributed by atoms with Crippen LogP contribution >= 0.6 is 15.9 Å². The summed E-state index contributed by atoms with van der Waals surface area (Å²) in [6.45, 7) is 8.18. The van der Waals surface area contributed by atoms with Gasteiger partial charge in [-0.2, -0.15) is 0 Å². The van der Waals surface area contributed by atoms with Crippen molar-refractivity contribution in [2.45, 2.75) is 33.3 Å². The maximum atomic E-state index is 9.50. The average Bonchev–Trinajstić information content (AvgIpc) is 2.26. The molecule has 1 N–H and O–H groups in total. The molecule has 0 aromatic heterocycles. The van der Waals surface area contributed by atoms with Gasteiger partial charge in [0, 0.05) is 17.6 Å². The molecule has 0 aliphatic carbocycles. The van der Waals surface area contributed by atoms with Crippen LogP contribution in [0.15, 0.2) is 22.7 Å². The molecule has 0 spiro atoms. The summed E-state index contributed by atoms with van der Waals surface area (Å²) < 4.78 is 1.06. The zero-order chi connectivity index (χ0) is 12.1. The van der Waals surface area contributed by atoms with Gasteiger partial charge in [0.15, 0.2) is 0 Å². The minimum atomic E-state index is -0.411. The smallest absolute Gasteiger partial charge is 0.0762 e. The van der Waals surface area contributed by atoms with E-state index in [1.165, 1.54) is 5.69 Å². The molecule has 0 bridgehead atoms. The fourth-order valence-corrected chi connectivity index (χ4v) is 2.41. The van der Waals surface area contributed by atoms with Gasteiger partial charge < -0.3 is 10.0 Å². The van der Waals surface area contributed by atoms with Crippen molar-refractivity contribution in [1.82, 2.24) is 0 Å². The van der Waals surface area contributed by atoms with Crippen LogP contribution in [0, 0.1) is 0 Å². The summed E-state index contributed by atoms with van der Waals surface area (Å²) in [5, 5.41) is 9.50. The first-order valence-corrected chi connectivity index (χ1v) is 6.61. The van der Waals surface area contributed by atoms with E-state index in [0.717, 1.165) is 29.5 Å². The third-order valence-corrected chi connectivity index (χ3v) is 3.31. The summed E-state index contributed by atoms with van der Waals surface area (Å²) in [6.07, 6.45) is 0.727. The number of hydrogen-bond donors (Lipinski definition) is 1. The van der Waals surface area contributed by atoms with E-state index in [-0.39, 0.29) is 0 Å². The van der Waals surface area contributed by atoms with Gasteiger partial charge in [-0.15, -0.1) is 0 Å². The van der Waals surface area contributed by atoms with Crippen molar-refractivity contribution < 1.29 is 5.11 Å². The van der Waals surface area contributed by atoms with Crippen LogP contribution in [-0.2, 0) is 0 Å². The second-order valence-electron chi connectivity index (χ2n) is 3.97. The van der Waals surface area contributed by atoms with E-state index in [9.17, 15) is 5.11 Å². The fourth-order valence-electron chi connectivity index (χ4n) is 1.76. The predicted molar refractivity (Wildman–Crippen MR) is 73.0 cm³/mol. The molecule has 0 fully saturated rings. The second kappa shape index (κ2) is 6.26. The van der Waals surface area contributed by atoms with E-state index in [2.05, 4.69) is 40.7 Å². The third kappa shape index (κ3) is 3.22. The number of aliphatic hydroxyl groups excluding tert-OH is 1. The van der Waals surface area contributed by atoms with Crippen LogP contribution in [-0.4, -0.2) is 18.2 Å². The largest absolute Gasteiger partial charge is 0.389 e. The van der Waals surface area contributed by atoms with Gasteiger partial charge in [0.05, 0.1) is 11.8 Å². The Balaban J connectivity index is 2.96. The lowest BCUT2D eigenvalue weighted by molar-refractivity contribution is 0.199. The molecule has 0 saturated heterocycles. The number of nitrogens with zero attached hydrogens (tertiary/aromatic N) is 1. The third-order valence-electron chi connectivity index (χ3n) is 2.67. The molecule has 0 amide bonds. The van der Waals surface area contributed by atoms with E-state index in [1.54, 1.807) is 6.92 Å². The molecule has 2 nitrogen and oxygen atoms in total. The van der Waals surface area contributed by atoms with E-state index >= 15 is 0 Å². The molecule has 0 aliphatic rings. The molecule has 0 radical (unpaired) electrons. The Morgan fingerprint density at radius 3 is 2.50 bits per heavy atom. The van der Waals surface area contributed by atoms with Crippen molar-refractivity contribution in [3.63, 3.8) is 0 Å². The molecular formula is C13H20BrNO. The van der Waals surface area contributed by atoms with Crippen LogP contribution < -0.4 is 4.90 Å². The van der Waals surface area contributed by atoms with Crippen molar-refractivity contribution in [2.75, 3.05) is 18.0 Å². The summed E-state index contributed by atoms with van der Waals surface area (Å²) in [6, 6.07) is 6.06. The summed E-state index contributed by atoms with van der Waals surface area (Å²) in [7, 11) is 0. The lowest BCUT2D eigenvalue weighted by atomic mass is 10.1. The van der Waals surface area contributed by atoms with Crippen molar-refractivity contribution in [1.29, 1.82) is 0 Å². The highest BCUT2D eigenvalue weighted by Gasteiger charge is 2.09. The molecule has 90 valence electrons. The van der Waals surface area contributed by atoms with Crippen LogP contribution in [0.3, 0.4) is 0 Å². The minimum absolute atomic E-state index is 0.411. The zero-order valence-corrected chi connectivity index (χ0v) is 11.8. The lowest BCUT2D eigenvalue weighted by Crippen LogP contribution is -2.23.